The Morgan fingerprint density at radius 2 is 0.910 bits per heavy atom. The SMILES string of the molecule is CN(C)C1CCN(c2ccc(N)nc2)CC1.CN(C)C1CCN(c2ccc([N+](=O)[O-])nc2)CC1.O=C1CCN(c2ccc([N+](=O)[O-])nc2)CC1.O=C1CCNCC1.O=[N+]([O-])c1ccc(Br)cn1. The highest BCUT2D eigenvalue weighted by atomic mass is 79.9. The fourth-order valence-electron chi connectivity index (χ4n) is 7.41. The summed E-state index contributed by atoms with van der Waals surface area (Å²) in [6.45, 7) is 7.27. The number of hydrogen-bond donors (Lipinski definition) is 2. The summed E-state index contributed by atoms with van der Waals surface area (Å²) in [6.07, 6.45) is 13.5. The van der Waals surface area contributed by atoms with Gasteiger partial charge in [-0.2, -0.15) is 0 Å². The molecule has 4 aliphatic rings. The Kier molecular flexibility index (Phi) is 21.8. The zero-order chi connectivity index (χ0) is 48.9. The molecular weight excluding hydrogens is 932 g/mol. The van der Waals surface area contributed by atoms with Crippen LogP contribution in [0.25, 0.3) is 0 Å². The van der Waals surface area contributed by atoms with Crippen molar-refractivity contribution in [1.82, 2.24) is 35.1 Å². The summed E-state index contributed by atoms with van der Waals surface area (Å²) in [5, 5.41) is 34.1. The van der Waals surface area contributed by atoms with E-state index < -0.39 is 14.8 Å². The number of piperidine rings is 4. The molecule has 0 amide bonds. The van der Waals surface area contributed by atoms with Gasteiger partial charge >= 0.3 is 17.5 Å². The van der Waals surface area contributed by atoms with Gasteiger partial charge in [0.2, 0.25) is 0 Å². The number of hydrogen-bond acceptors (Lipinski definition) is 19. The molecule has 0 aromatic carbocycles. The monoisotopic (exact) mass is 992 g/mol. The van der Waals surface area contributed by atoms with Crippen LogP contribution in [0.2, 0.25) is 0 Å². The lowest BCUT2D eigenvalue weighted by atomic mass is 10.0. The topological polar surface area (TPSA) is 269 Å². The minimum absolute atomic E-state index is 0.0954. The standard InChI is InChI=1S/C12H18N4O2.C12H20N4.C10H11N3O3.C5H3BrN2O2.C5H9NO/c1-14(2)10-5-7-15(8-6-10)11-3-4-12(13-9-11)16(17)18;1-15(2)10-5-7-16(8-6-10)11-3-4-12(13)14-9-11;14-9-3-5-12(6-4-9)8-1-2-10(11-7-8)13(15)16;6-4-1-2-5(7-3-4)8(9)10;7-5-1-3-6-4-2-5/h3-4,9-10H,5-8H2,1-2H3;3-4,9-10H,5-8H2,1-2H3,(H2,13,14);1-2,7H,3-6H2;1-3H;6H,1-4H2. The zero-order valence-corrected chi connectivity index (χ0v) is 40.1. The third-order valence-corrected chi connectivity index (χ3v) is 11.9. The molecule has 0 radical (unpaired) electrons. The molecule has 23 heteroatoms. The number of nitro groups is 3. The number of carbonyl (C=O) groups excluding carboxylic acids is 2. The van der Waals surface area contributed by atoms with Crippen molar-refractivity contribution < 1.29 is 24.4 Å². The molecule has 67 heavy (non-hydrogen) atoms. The van der Waals surface area contributed by atoms with E-state index in [1.807, 2.05) is 17.2 Å². The fraction of sp³-hybridized carbons (Fsp3) is 0.500. The van der Waals surface area contributed by atoms with Gasteiger partial charge in [0.25, 0.3) is 0 Å². The first-order chi connectivity index (χ1) is 32.0. The van der Waals surface area contributed by atoms with Crippen LogP contribution in [0, 0.1) is 30.3 Å². The van der Waals surface area contributed by atoms with Crippen LogP contribution in [-0.2, 0) is 9.59 Å². The third-order valence-electron chi connectivity index (χ3n) is 11.5. The van der Waals surface area contributed by atoms with Crippen LogP contribution in [0.15, 0.2) is 77.8 Å². The second kappa shape index (κ2) is 27.4. The van der Waals surface area contributed by atoms with E-state index in [0.29, 0.717) is 43.6 Å². The van der Waals surface area contributed by atoms with Gasteiger partial charge in [0.05, 0.1) is 27.7 Å². The van der Waals surface area contributed by atoms with Gasteiger partial charge in [0, 0.05) is 108 Å². The molecule has 0 aliphatic carbocycles. The van der Waals surface area contributed by atoms with Crippen LogP contribution in [0.4, 0.5) is 40.3 Å². The maximum atomic E-state index is 11.1. The molecule has 0 bridgehead atoms. The van der Waals surface area contributed by atoms with Crippen molar-refractivity contribution in [2.45, 2.75) is 63.5 Å². The Bertz CT molecular complexity index is 2150. The number of nitrogen functional groups attached to an aromatic ring is 1. The lowest BCUT2D eigenvalue weighted by Crippen LogP contribution is -2.42. The van der Waals surface area contributed by atoms with Crippen LogP contribution in [0.5, 0.6) is 0 Å². The average Bonchev–Trinajstić information content (AvgIpc) is 3.33. The molecule has 4 aromatic rings. The van der Waals surface area contributed by atoms with E-state index in [4.69, 9.17) is 5.73 Å². The first-order valence-corrected chi connectivity index (χ1v) is 22.8. The highest BCUT2D eigenvalue weighted by molar-refractivity contribution is 9.10. The summed E-state index contributed by atoms with van der Waals surface area (Å²) in [7, 11) is 8.53. The summed E-state index contributed by atoms with van der Waals surface area (Å²) < 4.78 is 0.734. The largest absolute Gasteiger partial charge is 0.384 e. The number of aromatic nitrogens is 4. The molecule has 4 fully saturated rings. The van der Waals surface area contributed by atoms with Crippen LogP contribution >= 0.6 is 15.9 Å². The Hall–Kier alpha value is -6.30. The highest BCUT2D eigenvalue weighted by Gasteiger charge is 2.23. The molecule has 0 spiro atoms. The lowest BCUT2D eigenvalue weighted by molar-refractivity contribution is -0.389. The number of nitrogens with zero attached hydrogens (tertiary/aromatic N) is 12. The van der Waals surface area contributed by atoms with Crippen molar-refractivity contribution in [3.05, 3.63) is 108 Å². The van der Waals surface area contributed by atoms with Gasteiger partial charge < -0.3 is 65.9 Å². The first-order valence-electron chi connectivity index (χ1n) is 22.0. The van der Waals surface area contributed by atoms with E-state index in [2.05, 4.69) is 95.0 Å². The van der Waals surface area contributed by atoms with E-state index in [9.17, 15) is 39.9 Å². The minimum Gasteiger partial charge on any atom is -0.384 e. The quantitative estimate of drug-likeness (QED) is 0.161. The molecule has 4 aromatic heterocycles. The molecule has 3 N–H and O–H groups in total. The molecular formula is C44H61BrN14O8. The van der Waals surface area contributed by atoms with E-state index in [1.54, 1.807) is 24.4 Å². The number of halogens is 1. The predicted molar refractivity (Wildman–Crippen MR) is 260 cm³/mol. The van der Waals surface area contributed by atoms with Gasteiger partial charge in [-0.1, -0.05) is 0 Å². The zero-order valence-electron chi connectivity index (χ0n) is 38.5. The van der Waals surface area contributed by atoms with E-state index in [1.165, 1.54) is 49.1 Å². The maximum Gasteiger partial charge on any atom is 0.363 e. The maximum absolute atomic E-state index is 11.1. The normalized spacial score (nSPS) is 16.6. The number of anilines is 4. The van der Waals surface area contributed by atoms with Crippen LogP contribution in [0.1, 0.15) is 51.4 Å². The number of rotatable bonds is 8. The Labute approximate surface area is 398 Å². The number of nitrogens with two attached hydrogens (primary N) is 1. The molecule has 8 heterocycles. The predicted octanol–water partition coefficient (Wildman–Crippen LogP) is 5.56. The highest BCUT2D eigenvalue weighted by Crippen LogP contribution is 2.24. The number of carbonyl (C=O) groups is 2. The van der Waals surface area contributed by atoms with Gasteiger partial charge in [-0.05, 0) is 130 Å². The number of pyridine rings is 4. The van der Waals surface area contributed by atoms with Crippen LogP contribution < -0.4 is 25.8 Å². The summed E-state index contributed by atoms with van der Waals surface area (Å²) in [5.41, 5.74) is 8.57. The van der Waals surface area contributed by atoms with Crippen LogP contribution in [0.3, 0.4) is 0 Å². The molecule has 4 aliphatic heterocycles. The van der Waals surface area contributed by atoms with Crippen LogP contribution in [-0.4, -0.2) is 149 Å². The van der Waals surface area contributed by atoms with E-state index in [0.717, 1.165) is 86.8 Å². The van der Waals surface area contributed by atoms with Gasteiger partial charge in [-0.3, -0.25) is 9.59 Å². The fourth-order valence-corrected chi connectivity index (χ4v) is 7.64. The third kappa shape index (κ3) is 18.5. The second-order valence-corrected chi connectivity index (χ2v) is 17.4. The smallest absolute Gasteiger partial charge is 0.363 e. The average molecular weight is 994 g/mol. The number of Topliss-reactive ketones (excluding diaryl/α,β-unsaturated/α-hetero) is 2. The van der Waals surface area contributed by atoms with Crippen molar-refractivity contribution >= 4 is 67.8 Å². The Morgan fingerprint density at radius 1 is 0.552 bits per heavy atom. The van der Waals surface area contributed by atoms with Gasteiger partial charge in [0.15, 0.2) is 18.6 Å². The second-order valence-electron chi connectivity index (χ2n) is 16.5. The first kappa shape index (κ1) is 53.3. The molecule has 0 unspecified atom stereocenters. The van der Waals surface area contributed by atoms with Crippen molar-refractivity contribution in [1.29, 1.82) is 0 Å². The summed E-state index contributed by atoms with van der Waals surface area (Å²) in [5.74, 6) is 0.874. The van der Waals surface area contributed by atoms with Gasteiger partial charge in [-0.25, -0.2) is 4.98 Å². The van der Waals surface area contributed by atoms with Crippen molar-refractivity contribution in [2.24, 2.45) is 0 Å². The number of ketones is 2. The lowest BCUT2D eigenvalue weighted by Gasteiger charge is -2.36. The minimum atomic E-state index is -0.535. The molecule has 4 saturated heterocycles. The van der Waals surface area contributed by atoms with Gasteiger partial charge in [0.1, 0.15) is 17.4 Å². The Morgan fingerprint density at radius 3 is 1.21 bits per heavy atom. The van der Waals surface area contributed by atoms with Gasteiger partial charge in [-0.15, -0.1) is 0 Å². The summed E-state index contributed by atoms with van der Waals surface area (Å²) >= 11 is 3.11. The van der Waals surface area contributed by atoms with Crippen molar-refractivity contribution in [3.8, 4) is 0 Å². The summed E-state index contributed by atoms with van der Waals surface area (Å²) in [4.78, 5) is 77.4. The van der Waals surface area contributed by atoms with Crippen molar-refractivity contribution in [2.75, 3.05) is 101 Å². The molecule has 8 rings (SSSR count). The molecule has 22 nitrogen and oxygen atoms in total. The summed E-state index contributed by atoms with van der Waals surface area (Å²) in [6, 6.07) is 14.5. The molecule has 0 atom stereocenters. The van der Waals surface area contributed by atoms with Crippen molar-refractivity contribution in [3.63, 3.8) is 0 Å². The number of nitrogens with one attached hydrogen (secondary N) is 1. The van der Waals surface area contributed by atoms with E-state index >= 15 is 0 Å². The Balaban J connectivity index is 0.000000189. The molecule has 362 valence electrons. The van der Waals surface area contributed by atoms with E-state index in [-0.39, 0.29) is 23.2 Å². The molecule has 0 saturated carbocycles.